The van der Waals surface area contributed by atoms with Crippen LogP contribution in [-0.2, 0) is 10.1 Å². The molecule has 7 nitrogen and oxygen atoms in total. The van der Waals surface area contributed by atoms with Crippen molar-refractivity contribution in [2.75, 3.05) is 45.1 Å². The van der Waals surface area contributed by atoms with Crippen LogP contribution in [0.25, 0.3) is 0 Å². The lowest BCUT2D eigenvalue weighted by atomic mass is 10.0. The third-order valence-electron chi connectivity index (χ3n) is 5.63. The van der Waals surface area contributed by atoms with Crippen LogP contribution in [0.3, 0.4) is 0 Å². The summed E-state index contributed by atoms with van der Waals surface area (Å²) in [5.74, 6) is -0.831. The zero-order valence-corrected chi connectivity index (χ0v) is 19.3. The Morgan fingerprint density at radius 1 is 0.759 bits per heavy atom. The fourth-order valence-electron chi connectivity index (χ4n) is 4.06. The molecule has 0 bridgehead atoms. The second-order valence-corrected chi connectivity index (χ2v) is 9.86. The van der Waals surface area contributed by atoms with E-state index in [-0.39, 0.29) is 24.2 Å². The first-order chi connectivity index (χ1) is 13.8. The summed E-state index contributed by atoms with van der Waals surface area (Å²) in [6.45, 7) is 3.36. The number of aliphatic hydroxyl groups excluding tert-OH is 3. The third-order valence-corrected chi connectivity index (χ3v) is 6.42. The zero-order valence-electron chi connectivity index (χ0n) is 18.4. The van der Waals surface area contributed by atoms with Gasteiger partial charge in [-0.1, -0.05) is 71.1 Å². The maximum atomic E-state index is 10.9. The average Bonchev–Trinajstić information content (AvgIpc) is 2.61. The molecular weight excluding hydrogens is 394 g/mol. The lowest BCUT2D eigenvalue weighted by Gasteiger charge is -2.39. The summed E-state index contributed by atoms with van der Waals surface area (Å²) in [5.41, 5.74) is 0. The predicted octanol–water partition coefficient (Wildman–Crippen LogP) is 2.40. The standard InChI is InChI=1S/C21H45NO6S/c1-2-3-4-5-6-7-8-9-10-11-12-13-14-22(15-17-23,16-18-24)19-21(25)20-29(26,27)28/h21,23-25H,2-20H2,1H3. The Morgan fingerprint density at radius 2 is 1.17 bits per heavy atom. The van der Waals surface area contributed by atoms with E-state index in [1.807, 2.05) is 0 Å². The first kappa shape index (κ1) is 28.8. The summed E-state index contributed by atoms with van der Waals surface area (Å²) in [6.07, 6.45) is 13.5. The van der Waals surface area contributed by atoms with Crippen LogP contribution in [0.4, 0.5) is 0 Å². The fraction of sp³-hybridized carbons (Fsp3) is 1.00. The van der Waals surface area contributed by atoms with E-state index in [4.69, 9.17) is 0 Å². The van der Waals surface area contributed by atoms with Crippen molar-refractivity contribution in [3.05, 3.63) is 0 Å². The Kier molecular flexibility index (Phi) is 17.3. The van der Waals surface area contributed by atoms with Gasteiger partial charge in [-0.25, -0.2) is 8.42 Å². The predicted molar refractivity (Wildman–Crippen MR) is 116 cm³/mol. The molecule has 0 aliphatic rings. The largest absolute Gasteiger partial charge is 0.748 e. The molecule has 0 saturated carbocycles. The average molecular weight is 440 g/mol. The molecule has 29 heavy (non-hydrogen) atoms. The van der Waals surface area contributed by atoms with Crippen molar-refractivity contribution in [3.8, 4) is 0 Å². The molecule has 3 N–H and O–H groups in total. The Labute approximate surface area is 178 Å². The number of rotatable bonds is 21. The molecule has 1 unspecified atom stereocenters. The SMILES string of the molecule is CCCCCCCCCCCCCC[N+](CCO)(CCO)CC(O)CS(=O)(=O)[O-]. The molecule has 0 aromatic rings. The number of nitrogens with zero attached hydrogens (tertiary/aromatic N) is 1. The molecule has 8 heteroatoms. The minimum Gasteiger partial charge on any atom is -0.748 e. The molecule has 0 aromatic carbocycles. The molecule has 0 rings (SSSR count). The van der Waals surface area contributed by atoms with Gasteiger partial charge >= 0.3 is 0 Å². The molecule has 0 amide bonds. The highest BCUT2D eigenvalue weighted by molar-refractivity contribution is 7.85. The maximum absolute atomic E-state index is 10.9. The minimum absolute atomic E-state index is 0.0562. The molecule has 0 aliphatic carbocycles. The molecule has 176 valence electrons. The van der Waals surface area contributed by atoms with Crippen LogP contribution in [0.15, 0.2) is 0 Å². The summed E-state index contributed by atoms with van der Waals surface area (Å²) in [5, 5.41) is 28.8. The van der Waals surface area contributed by atoms with Gasteiger partial charge in [0.15, 0.2) is 0 Å². The van der Waals surface area contributed by atoms with Crippen LogP contribution in [0.1, 0.15) is 84.0 Å². The van der Waals surface area contributed by atoms with E-state index in [1.54, 1.807) is 0 Å². The van der Waals surface area contributed by atoms with E-state index in [9.17, 15) is 28.3 Å². The molecule has 0 aromatic heterocycles. The third kappa shape index (κ3) is 17.2. The Balaban J connectivity index is 4.14. The van der Waals surface area contributed by atoms with Gasteiger partial charge in [0.1, 0.15) is 25.7 Å². The molecule has 1 atom stereocenters. The van der Waals surface area contributed by atoms with Crippen LogP contribution in [0, 0.1) is 0 Å². The molecule has 0 spiro atoms. The highest BCUT2D eigenvalue weighted by Crippen LogP contribution is 2.15. The van der Waals surface area contributed by atoms with Crippen molar-refractivity contribution < 1.29 is 32.8 Å². The minimum atomic E-state index is -4.51. The van der Waals surface area contributed by atoms with E-state index in [0.717, 1.165) is 19.3 Å². The fourth-order valence-corrected chi connectivity index (χ4v) is 4.63. The maximum Gasteiger partial charge on any atom is 0.116 e. The van der Waals surface area contributed by atoms with E-state index < -0.39 is 22.0 Å². The molecular formula is C21H45NO6S. The molecule has 0 heterocycles. The Hall–Kier alpha value is -0.250. The van der Waals surface area contributed by atoms with E-state index in [2.05, 4.69) is 6.92 Å². The number of hydrogen-bond acceptors (Lipinski definition) is 6. The number of quaternary nitrogens is 1. The lowest BCUT2D eigenvalue weighted by Crippen LogP contribution is -2.56. The first-order valence-electron chi connectivity index (χ1n) is 11.5. The van der Waals surface area contributed by atoms with Gasteiger partial charge in [0, 0.05) is 0 Å². The van der Waals surface area contributed by atoms with Gasteiger partial charge in [0.05, 0.1) is 35.6 Å². The van der Waals surface area contributed by atoms with Gasteiger partial charge in [-0.2, -0.15) is 0 Å². The van der Waals surface area contributed by atoms with Crippen LogP contribution in [0.5, 0.6) is 0 Å². The van der Waals surface area contributed by atoms with Gasteiger partial charge in [-0.05, 0) is 12.8 Å². The smallest absolute Gasteiger partial charge is 0.116 e. The van der Waals surface area contributed by atoms with E-state index in [1.165, 1.54) is 57.8 Å². The monoisotopic (exact) mass is 439 g/mol. The quantitative estimate of drug-likeness (QED) is 0.144. The van der Waals surface area contributed by atoms with Gasteiger partial charge in [-0.15, -0.1) is 0 Å². The van der Waals surface area contributed by atoms with Crippen molar-refractivity contribution in [1.29, 1.82) is 0 Å². The highest BCUT2D eigenvalue weighted by Gasteiger charge is 2.30. The van der Waals surface area contributed by atoms with Crippen molar-refractivity contribution in [2.24, 2.45) is 0 Å². The van der Waals surface area contributed by atoms with Crippen molar-refractivity contribution in [3.63, 3.8) is 0 Å². The first-order valence-corrected chi connectivity index (χ1v) is 13.0. The van der Waals surface area contributed by atoms with Gasteiger partial charge in [0.25, 0.3) is 0 Å². The van der Waals surface area contributed by atoms with Crippen LogP contribution < -0.4 is 0 Å². The lowest BCUT2D eigenvalue weighted by molar-refractivity contribution is -0.931. The van der Waals surface area contributed by atoms with Crippen molar-refractivity contribution in [2.45, 2.75) is 90.1 Å². The van der Waals surface area contributed by atoms with Gasteiger partial charge < -0.3 is 24.4 Å². The van der Waals surface area contributed by atoms with Crippen molar-refractivity contribution >= 4 is 10.1 Å². The van der Waals surface area contributed by atoms with Crippen molar-refractivity contribution in [1.82, 2.24) is 0 Å². The Morgan fingerprint density at radius 3 is 1.55 bits per heavy atom. The van der Waals surface area contributed by atoms with E-state index in [0.29, 0.717) is 19.6 Å². The van der Waals surface area contributed by atoms with Gasteiger partial charge in [-0.3, -0.25) is 0 Å². The normalized spacial score (nSPS) is 13.7. The van der Waals surface area contributed by atoms with E-state index >= 15 is 0 Å². The summed E-state index contributed by atoms with van der Waals surface area (Å²) < 4.78 is 32.9. The second kappa shape index (κ2) is 17.4. The van der Waals surface area contributed by atoms with Crippen LogP contribution in [-0.4, -0.2) is 84.0 Å². The zero-order chi connectivity index (χ0) is 22.0. The Bertz CT molecular complexity index is 466. The summed E-state index contributed by atoms with van der Waals surface area (Å²) in [4.78, 5) is 0. The molecule has 0 saturated heterocycles. The van der Waals surface area contributed by atoms with Gasteiger partial charge in [0.2, 0.25) is 0 Å². The number of hydrogen-bond donors (Lipinski definition) is 3. The summed E-state index contributed by atoms with van der Waals surface area (Å²) in [7, 11) is -4.51. The van der Waals surface area contributed by atoms with Crippen LogP contribution >= 0.6 is 0 Å². The summed E-state index contributed by atoms with van der Waals surface area (Å²) in [6, 6.07) is 0. The second-order valence-electron chi connectivity index (χ2n) is 8.41. The number of aliphatic hydroxyl groups is 3. The summed E-state index contributed by atoms with van der Waals surface area (Å²) >= 11 is 0. The highest BCUT2D eigenvalue weighted by atomic mass is 32.2. The van der Waals surface area contributed by atoms with Crippen LogP contribution in [0.2, 0.25) is 0 Å². The molecule has 0 radical (unpaired) electrons. The molecule has 0 fully saturated rings. The topological polar surface area (TPSA) is 118 Å². The number of unbranched alkanes of at least 4 members (excludes halogenated alkanes) is 11. The molecule has 0 aliphatic heterocycles.